The third kappa shape index (κ3) is 2.29. The average Bonchev–Trinajstić information content (AvgIpc) is 2.98. The molecule has 2 fully saturated rings. The SMILES string of the molecule is O=C(CCn1[nH]c(=O)ccc1=O)N1C[C@@H]2C[C@@H](O)[C@H]1C2. The Morgan fingerprint density at radius 1 is 1.35 bits per heavy atom. The molecule has 7 heteroatoms. The number of aliphatic hydroxyl groups is 1. The Balaban J connectivity index is 1.64. The summed E-state index contributed by atoms with van der Waals surface area (Å²) in [7, 11) is 0. The largest absolute Gasteiger partial charge is 0.391 e. The lowest BCUT2D eigenvalue weighted by molar-refractivity contribution is -0.135. The van der Waals surface area contributed by atoms with Gasteiger partial charge in [-0.3, -0.25) is 19.5 Å². The van der Waals surface area contributed by atoms with Crippen LogP contribution in [0.4, 0.5) is 0 Å². The number of amides is 1. The number of aromatic amines is 1. The third-order valence-corrected chi connectivity index (χ3v) is 4.21. The van der Waals surface area contributed by atoms with Crippen LogP contribution in [0.2, 0.25) is 0 Å². The van der Waals surface area contributed by atoms with Crippen LogP contribution < -0.4 is 11.1 Å². The molecular formula is C13H17N3O4. The quantitative estimate of drug-likeness (QED) is 0.735. The van der Waals surface area contributed by atoms with E-state index in [1.54, 1.807) is 4.90 Å². The summed E-state index contributed by atoms with van der Waals surface area (Å²) in [5, 5.41) is 12.2. The van der Waals surface area contributed by atoms with Gasteiger partial charge in [-0.25, -0.2) is 4.68 Å². The summed E-state index contributed by atoms with van der Waals surface area (Å²) < 4.78 is 1.14. The topological polar surface area (TPSA) is 95.4 Å². The Kier molecular flexibility index (Phi) is 3.21. The monoisotopic (exact) mass is 279 g/mol. The van der Waals surface area contributed by atoms with Crippen LogP contribution in [-0.4, -0.2) is 44.4 Å². The Labute approximate surface area is 114 Å². The second-order valence-electron chi connectivity index (χ2n) is 5.57. The van der Waals surface area contributed by atoms with Gasteiger partial charge in [0, 0.05) is 25.1 Å². The Morgan fingerprint density at radius 3 is 2.85 bits per heavy atom. The maximum atomic E-state index is 12.2. The van der Waals surface area contributed by atoms with Crippen LogP contribution in [0.25, 0.3) is 0 Å². The number of carbonyl (C=O) groups excluding carboxylic acids is 1. The summed E-state index contributed by atoms with van der Waals surface area (Å²) in [6, 6.07) is 2.28. The van der Waals surface area contributed by atoms with Gasteiger partial charge in [-0.15, -0.1) is 0 Å². The van der Waals surface area contributed by atoms with Crippen LogP contribution >= 0.6 is 0 Å². The predicted molar refractivity (Wildman–Crippen MR) is 70.2 cm³/mol. The number of H-pyrrole nitrogens is 1. The first-order chi connectivity index (χ1) is 9.54. The van der Waals surface area contributed by atoms with Crippen LogP contribution in [0.5, 0.6) is 0 Å². The Morgan fingerprint density at radius 2 is 2.15 bits per heavy atom. The number of rotatable bonds is 3. The molecule has 20 heavy (non-hydrogen) atoms. The molecule has 1 saturated heterocycles. The van der Waals surface area contributed by atoms with Gasteiger partial charge in [0.1, 0.15) is 0 Å². The van der Waals surface area contributed by atoms with Crippen molar-refractivity contribution >= 4 is 5.91 Å². The van der Waals surface area contributed by atoms with Crippen molar-refractivity contribution in [2.45, 2.75) is 38.0 Å². The summed E-state index contributed by atoms with van der Waals surface area (Å²) in [6.45, 7) is 0.846. The number of aliphatic hydroxyl groups excluding tert-OH is 1. The summed E-state index contributed by atoms with van der Waals surface area (Å²) in [4.78, 5) is 36.5. The molecule has 2 heterocycles. The Hall–Kier alpha value is -1.89. The fraction of sp³-hybridized carbons (Fsp3) is 0.615. The molecule has 2 N–H and O–H groups in total. The standard InChI is InChI=1S/C13H17N3O4/c17-10-6-8-5-9(10)15(7-8)12(19)3-4-16-13(20)2-1-11(18)14-16/h1-2,8-10,17H,3-7H2,(H,14,18)/t8-,9+,10+/m0/s1. The first kappa shape index (κ1) is 13.1. The minimum atomic E-state index is -0.419. The highest BCUT2D eigenvalue weighted by atomic mass is 16.3. The summed E-state index contributed by atoms with van der Waals surface area (Å²) in [5.41, 5.74) is -0.701. The van der Waals surface area contributed by atoms with Crippen molar-refractivity contribution in [3.63, 3.8) is 0 Å². The van der Waals surface area contributed by atoms with E-state index in [4.69, 9.17) is 0 Å². The molecule has 2 bridgehead atoms. The number of aromatic nitrogens is 2. The molecular weight excluding hydrogens is 262 g/mol. The smallest absolute Gasteiger partial charge is 0.265 e. The number of likely N-dealkylation sites (tertiary alicyclic amines) is 1. The van der Waals surface area contributed by atoms with Crippen molar-refractivity contribution in [1.29, 1.82) is 0 Å². The fourth-order valence-corrected chi connectivity index (χ4v) is 3.26. The number of aryl methyl sites for hydroxylation is 1. The zero-order chi connectivity index (χ0) is 14.3. The van der Waals surface area contributed by atoms with Gasteiger partial charge >= 0.3 is 0 Å². The number of nitrogens with zero attached hydrogens (tertiary/aromatic N) is 2. The van der Waals surface area contributed by atoms with Gasteiger partial charge in [-0.05, 0) is 18.8 Å². The zero-order valence-electron chi connectivity index (χ0n) is 11.0. The number of carbonyl (C=O) groups is 1. The minimum absolute atomic E-state index is 0.0703. The molecule has 0 radical (unpaired) electrons. The number of hydrogen-bond donors (Lipinski definition) is 2. The van der Waals surface area contributed by atoms with Crippen molar-refractivity contribution in [1.82, 2.24) is 14.7 Å². The molecule has 1 aliphatic carbocycles. The molecule has 1 amide bonds. The molecule has 1 aliphatic heterocycles. The van der Waals surface area contributed by atoms with Crippen LogP contribution in [-0.2, 0) is 11.3 Å². The lowest BCUT2D eigenvalue weighted by Gasteiger charge is -2.30. The molecule has 1 aromatic rings. The molecule has 3 rings (SSSR count). The number of nitrogens with one attached hydrogen (secondary N) is 1. The summed E-state index contributed by atoms with van der Waals surface area (Å²) >= 11 is 0. The van der Waals surface area contributed by atoms with Gasteiger partial charge in [0.2, 0.25) is 5.91 Å². The van der Waals surface area contributed by atoms with E-state index < -0.39 is 6.10 Å². The molecule has 0 aromatic carbocycles. The number of fused-ring (bicyclic) bond motifs is 2. The number of piperidine rings is 1. The molecule has 0 unspecified atom stereocenters. The van der Waals surface area contributed by atoms with E-state index in [1.807, 2.05) is 0 Å². The van der Waals surface area contributed by atoms with Crippen LogP contribution in [0, 0.1) is 5.92 Å². The molecule has 108 valence electrons. The van der Waals surface area contributed by atoms with E-state index in [2.05, 4.69) is 5.10 Å². The Bertz CT molecular complexity index is 635. The lowest BCUT2D eigenvalue weighted by Crippen LogP contribution is -2.45. The normalized spacial score (nSPS) is 28.1. The maximum Gasteiger partial charge on any atom is 0.265 e. The van der Waals surface area contributed by atoms with E-state index >= 15 is 0 Å². The highest BCUT2D eigenvalue weighted by Crippen LogP contribution is 2.37. The molecule has 3 atom stereocenters. The van der Waals surface area contributed by atoms with Crippen molar-refractivity contribution in [3.05, 3.63) is 32.8 Å². The van der Waals surface area contributed by atoms with E-state index in [0.717, 1.165) is 23.6 Å². The second kappa shape index (κ2) is 4.90. The van der Waals surface area contributed by atoms with Gasteiger partial charge in [0.15, 0.2) is 0 Å². The molecule has 2 aliphatic rings. The van der Waals surface area contributed by atoms with Crippen molar-refractivity contribution in [3.8, 4) is 0 Å². The highest BCUT2D eigenvalue weighted by molar-refractivity contribution is 5.77. The third-order valence-electron chi connectivity index (χ3n) is 4.21. The predicted octanol–water partition coefficient (Wildman–Crippen LogP) is -1.09. The molecule has 1 aromatic heterocycles. The van der Waals surface area contributed by atoms with Crippen LogP contribution in [0.1, 0.15) is 19.3 Å². The number of hydrogen-bond acceptors (Lipinski definition) is 4. The van der Waals surface area contributed by atoms with Crippen molar-refractivity contribution in [2.24, 2.45) is 5.92 Å². The van der Waals surface area contributed by atoms with Gasteiger partial charge < -0.3 is 10.0 Å². The van der Waals surface area contributed by atoms with Crippen molar-refractivity contribution < 1.29 is 9.90 Å². The van der Waals surface area contributed by atoms with E-state index in [1.165, 1.54) is 6.07 Å². The molecule has 1 saturated carbocycles. The zero-order valence-corrected chi connectivity index (χ0v) is 11.0. The first-order valence-electron chi connectivity index (χ1n) is 6.82. The van der Waals surface area contributed by atoms with Gasteiger partial charge in [0.05, 0.1) is 18.7 Å². The fourth-order valence-electron chi connectivity index (χ4n) is 3.26. The maximum absolute atomic E-state index is 12.2. The van der Waals surface area contributed by atoms with Gasteiger partial charge in [-0.2, -0.15) is 0 Å². The summed E-state index contributed by atoms with van der Waals surface area (Å²) in [6.07, 6.45) is 1.38. The minimum Gasteiger partial charge on any atom is -0.391 e. The average molecular weight is 279 g/mol. The first-order valence-corrected chi connectivity index (χ1v) is 6.82. The molecule has 0 spiro atoms. The van der Waals surface area contributed by atoms with Crippen LogP contribution in [0.15, 0.2) is 21.7 Å². The van der Waals surface area contributed by atoms with E-state index in [0.29, 0.717) is 12.5 Å². The van der Waals surface area contributed by atoms with Crippen molar-refractivity contribution in [2.75, 3.05) is 6.54 Å². The summed E-state index contributed by atoms with van der Waals surface area (Å²) in [5.74, 6) is 0.325. The molecule has 7 nitrogen and oxygen atoms in total. The van der Waals surface area contributed by atoms with E-state index in [9.17, 15) is 19.5 Å². The highest BCUT2D eigenvalue weighted by Gasteiger charge is 2.45. The second-order valence-corrected chi connectivity index (χ2v) is 5.57. The van der Waals surface area contributed by atoms with Crippen LogP contribution in [0.3, 0.4) is 0 Å². The van der Waals surface area contributed by atoms with Gasteiger partial charge in [-0.1, -0.05) is 0 Å². The lowest BCUT2D eigenvalue weighted by atomic mass is 10.1. The van der Waals surface area contributed by atoms with Gasteiger partial charge in [0.25, 0.3) is 11.1 Å². The van der Waals surface area contributed by atoms with E-state index in [-0.39, 0.29) is 36.0 Å².